The molecule has 4 heteroatoms. The Labute approximate surface area is 113 Å². The van der Waals surface area contributed by atoms with E-state index in [1.807, 2.05) is 23.1 Å². The molecule has 2 heterocycles. The van der Waals surface area contributed by atoms with Crippen molar-refractivity contribution in [1.29, 1.82) is 0 Å². The first kappa shape index (κ1) is 12.6. The summed E-state index contributed by atoms with van der Waals surface area (Å²) < 4.78 is 5.39. The predicted octanol–water partition coefficient (Wildman–Crippen LogP) is 1.53. The fourth-order valence-corrected chi connectivity index (χ4v) is 2.93. The van der Waals surface area contributed by atoms with Crippen LogP contribution in [0.4, 0.5) is 0 Å². The molecular formula is C15H20N2O2. The molecule has 3 rings (SSSR count). The molecule has 0 saturated carbocycles. The molecule has 2 N–H and O–H groups in total. The van der Waals surface area contributed by atoms with Gasteiger partial charge in [0.25, 0.3) is 5.91 Å². The Kier molecular flexibility index (Phi) is 3.53. The molecule has 0 spiro atoms. The van der Waals surface area contributed by atoms with E-state index in [2.05, 4.69) is 0 Å². The molecular weight excluding hydrogens is 240 g/mol. The van der Waals surface area contributed by atoms with Crippen LogP contribution < -0.4 is 5.73 Å². The first-order valence-electron chi connectivity index (χ1n) is 6.97. The quantitative estimate of drug-likeness (QED) is 0.877. The number of hydrogen-bond donors (Lipinski definition) is 1. The Hall–Kier alpha value is -1.39. The second-order valence-corrected chi connectivity index (χ2v) is 5.47. The Balaban J connectivity index is 1.76. The van der Waals surface area contributed by atoms with Gasteiger partial charge in [-0.25, -0.2) is 0 Å². The van der Waals surface area contributed by atoms with Gasteiger partial charge in [-0.3, -0.25) is 4.79 Å². The second kappa shape index (κ2) is 5.31. The zero-order chi connectivity index (χ0) is 13.2. The largest absolute Gasteiger partial charge is 0.372 e. The summed E-state index contributed by atoms with van der Waals surface area (Å²) in [6, 6.07) is 5.92. The third-order valence-corrected chi connectivity index (χ3v) is 4.11. The van der Waals surface area contributed by atoms with Crippen molar-refractivity contribution in [2.45, 2.75) is 26.1 Å². The molecule has 0 radical (unpaired) electrons. The number of nitrogens with zero attached hydrogens (tertiary/aromatic N) is 1. The summed E-state index contributed by atoms with van der Waals surface area (Å²) in [5.41, 5.74) is 8.86. The molecule has 0 aliphatic carbocycles. The number of carbonyl (C=O) groups is 1. The lowest BCUT2D eigenvalue weighted by Gasteiger charge is -2.32. The van der Waals surface area contributed by atoms with Gasteiger partial charge in [-0.1, -0.05) is 6.07 Å². The third-order valence-electron chi connectivity index (χ3n) is 4.11. The molecule has 2 aliphatic rings. The van der Waals surface area contributed by atoms with Crippen LogP contribution in [0.3, 0.4) is 0 Å². The lowest BCUT2D eigenvalue weighted by molar-refractivity contribution is 0.0678. The van der Waals surface area contributed by atoms with Gasteiger partial charge in [0.05, 0.1) is 13.2 Å². The number of carbonyl (C=O) groups excluding carboxylic acids is 1. The maximum absolute atomic E-state index is 12.5. The van der Waals surface area contributed by atoms with E-state index in [4.69, 9.17) is 10.5 Å². The summed E-state index contributed by atoms with van der Waals surface area (Å²) in [6.45, 7) is 3.61. The molecule has 19 heavy (non-hydrogen) atoms. The van der Waals surface area contributed by atoms with Gasteiger partial charge < -0.3 is 15.4 Å². The first-order valence-corrected chi connectivity index (χ1v) is 6.97. The molecule has 1 unspecified atom stereocenters. The topological polar surface area (TPSA) is 55.6 Å². The standard InChI is InChI=1S/C15H20N2O2/c16-7-11-2-1-5-17(8-11)15(18)12-3-4-13-9-19-10-14(13)6-12/h3-4,6,11H,1-2,5,7-10,16H2. The number of rotatable bonds is 2. The van der Waals surface area contributed by atoms with Crippen molar-refractivity contribution >= 4 is 5.91 Å². The molecule has 1 aromatic carbocycles. The second-order valence-electron chi connectivity index (χ2n) is 5.47. The first-order chi connectivity index (χ1) is 9.28. The molecule has 2 aliphatic heterocycles. The molecule has 4 nitrogen and oxygen atoms in total. The molecule has 1 atom stereocenters. The van der Waals surface area contributed by atoms with Gasteiger partial charge in [-0.2, -0.15) is 0 Å². The number of piperidine rings is 1. The molecule has 102 valence electrons. The van der Waals surface area contributed by atoms with Gasteiger partial charge in [0.2, 0.25) is 0 Å². The highest BCUT2D eigenvalue weighted by atomic mass is 16.5. The number of ether oxygens (including phenoxy) is 1. The molecule has 1 fully saturated rings. The van der Waals surface area contributed by atoms with Crippen LogP contribution in [0.25, 0.3) is 0 Å². The molecule has 0 bridgehead atoms. The van der Waals surface area contributed by atoms with Crippen molar-refractivity contribution in [3.05, 3.63) is 34.9 Å². The Morgan fingerprint density at radius 1 is 1.37 bits per heavy atom. The van der Waals surface area contributed by atoms with Crippen molar-refractivity contribution in [2.75, 3.05) is 19.6 Å². The monoisotopic (exact) mass is 260 g/mol. The van der Waals surface area contributed by atoms with E-state index in [1.165, 1.54) is 5.56 Å². The molecule has 0 aromatic heterocycles. The minimum atomic E-state index is 0.132. The minimum Gasteiger partial charge on any atom is -0.372 e. The highest BCUT2D eigenvalue weighted by Crippen LogP contribution is 2.23. The Morgan fingerprint density at radius 3 is 3.05 bits per heavy atom. The zero-order valence-electron chi connectivity index (χ0n) is 11.1. The van der Waals surface area contributed by atoms with Crippen LogP contribution in [0.15, 0.2) is 18.2 Å². The van der Waals surface area contributed by atoms with Gasteiger partial charge in [0.1, 0.15) is 0 Å². The van der Waals surface area contributed by atoms with Gasteiger partial charge in [0.15, 0.2) is 0 Å². The molecule has 1 amide bonds. The summed E-state index contributed by atoms with van der Waals surface area (Å²) in [5, 5.41) is 0. The highest BCUT2D eigenvalue weighted by molar-refractivity contribution is 5.94. The van der Waals surface area contributed by atoms with Crippen molar-refractivity contribution < 1.29 is 9.53 Å². The lowest BCUT2D eigenvalue weighted by Crippen LogP contribution is -2.42. The molecule has 1 aromatic rings. The number of benzene rings is 1. The summed E-state index contributed by atoms with van der Waals surface area (Å²) >= 11 is 0. The average Bonchev–Trinajstić information content (AvgIpc) is 2.94. The third kappa shape index (κ3) is 2.51. The Bertz CT molecular complexity index is 487. The van der Waals surface area contributed by atoms with E-state index in [9.17, 15) is 4.79 Å². The highest BCUT2D eigenvalue weighted by Gasteiger charge is 2.24. The van der Waals surface area contributed by atoms with Crippen LogP contribution in [0.1, 0.15) is 34.3 Å². The number of nitrogens with two attached hydrogens (primary N) is 1. The van der Waals surface area contributed by atoms with Gasteiger partial charge in [0, 0.05) is 18.7 Å². The smallest absolute Gasteiger partial charge is 0.253 e. The number of fused-ring (bicyclic) bond motifs is 1. The van der Waals surface area contributed by atoms with E-state index < -0.39 is 0 Å². The van der Waals surface area contributed by atoms with Crippen LogP contribution >= 0.6 is 0 Å². The summed E-state index contributed by atoms with van der Waals surface area (Å²) in [5.74, 6) is 0.586. The van der Waals surface area contributed by atoms with Crippen molar-refractivity contribution in [1.82, 2.24) is 4.90 Å². The summed E-state index contributed by atoms with van der Waals surface area (Å²) in [6.07, 6.45) is 2.19. The van der Waals surface area contributed by atoms with Crippen LogP contribution in [0.5, 0.6) is 0 Å². The van der Waals surface area contributed by atoms with Crippen molar-refractivity contribution in [3.63, 3.8) is 0 Å². The van der Waals surface area contributed by atoms with Crippen molar-refractivity contribution in [3.8, 4) is 0 Å². The van der Waals surface area contributed by atoms with Crippen LogP contribution in [-0.4, -0.2) is 30.4 Å². The van der Waals surface area contributed by atoms with Crippen molar-refractivity contribution in [2.24, 2.45) is 11.7 Å². The van der Waals surface area contributed by atoms with E-state index >= 15 is 0 Å². The Morgan fingerprint density at radius 2 is 2.21 bits per heavy atom. The maximum Gasteiger partial charge on any atom is 0.253 e. The number of amides is 1. The lowest BCUT2D eigenvalue weighted by atomic mass is 9.97. The van der Waals surface area contributed by atoms with E-state index in [0.29, 0.717) is 25.7 Å². The predicted molar refractivity (Wildman–Crippen MR) is 72.6 cm³/mol. The number of likely N-dealkylation sites (tertiary alicyclic amines) is 1. The van der Waals surface area contributed by atoms with Gasteiger partial charge >= 0.3 is 0 Å². The van der Waals surface area contributed by atoms with E-state index in [-0.39, 0.29) is 5.91 Å². The minimum absolute atomic E-state index is 0.132. The fraction of sp³-hybridized carbons (Fsp3) is 0.533. The summed E-state index contributed by atoms with van der Waals surface area (Å²) in [7, 11) is 0. The van der Waals surface area contributed by atoms with E-state index in [0.717, 1.165) is 37.1 Å². The molecule has 1 saturated heterocycles. The normalized spacial score (nSPS) is 22.4. The van der Waals surface area contributed by atoms with Crippen LogP contribution in [0, 0.1) is 5.92 Å². The average molecular weight is 260 g/mol. The summed E-state index contributed by atoms with van der Waals surface area (Å²) in [4.78, 5) is 14.4. The van der Waals surface area contributed by atoms with Crippen LogP contribution in [-0.2, 0) is 18.0 Å². The zero-order valence-corrected chi connectivity index (χ0v) is 11.1. The van der Waals surface area contributed by atoms with Gasteiger partial charge in [-0.05, 0) is 48.6 Å². The fourth-order valence-electron chi connectivity index (χ4n) is 2.93. The van der Waals surface area contributed by atoms with Gasteiger partial charge in [-0.15, -0.1) is 0 Å². The number of hydrogen-bond acceptors (Lipinski definition) is 3. The SMILES string of the molecule is NCC1CCCN(C(=O)c2ccc3c(c2)COC3)C1. The van der Waals surface area contributed by atoms with Crippen LogP contribution in [0.2, 0.25) is 0 Å². The van der Waals surface area contributed by atoms with E-state index in [1.54, 1.807) is 0 Å². The maximum atomic E-state index is 12.5.